The van der Waals surface area contributed by atoms with Gasteiger partial charge in [-0.3, -0.25) is 0 Å². The fourth-order valence-electron chi connectivity index (χ4n) is 14.0. The molecule has 0 unspecified atom stereocenters. The summed E-state index contributed by atoms with van der Waals surface area (Å²) in [6.07, 6.45) is 0. The third-order valence-electron chi connectivity index (χ3n) is 17.3. The van der Waals surface area contributed by atoms with E-state index in [9.17, 15) is 0 Å². The van der Waals surface area contributed by atoms with E-state index in [2.05, 4.69) is 281 Å². The molecule has 2 nitrogen and oxygen atoms in total. The Morgan fingerprint density at radius 3 is 1.59 bits per heavy atom. The predicted molar refractivity (Wildman–Crippen MR) is 312 cm³/mol. The molecule has 356 valence electrons. The minimum atomic E-state index is -0.574. The standard InChI is InChI=1S/C73H53NO/c1-71(2)63-35-20-31-58(68(63)69-64(71)42-41-59-54-29-11-15-32-60(54)72(3,4)70(59)69)55-30-14-18-36-65(55)74(51-38-40-57-56-39-37-47(46-21-7-5-8-22-46)43-66(56)75-67(57)45-51)50-26-19-25-49(44-50)73(48-23-9-6-10-24-48)61-33-16-12-27-52(61)53-28-13-17-34-62(53)73/h5-45H,1-4H3. The van der Waals surface area contributed by atoms with E-state index in [1.807, 2.05) is 0 Å². The Balaban J connectivity index is 0.985. The van der Waals surface area contributed by atoms with Crippen molar-refractivity contribution < 1.29 is 4.42 Å². The molecule has 0 amide bonds. The van der Waals surface area contributed by atoms with E-state index in [0.29, 0.717) is 0 Å². The molecule has 0 fully saturated rings. The molecule has 3 aliphatic carbocycles. The maximum Gasteiger partial charge on any atom is 0.137 e. The molecule has 0 saturated heterocycles. The lowest BCUT2D eigenvalue weighted by Gasteiger charge is -2.35. The fourth-order valence-corrected chi connectivity index (χ4v) is 14.0. The van der Waals surface area contributed by atoms with Crippen molar-refractivity contribution in [1.29, 1.82) is 0 Å². The number of benzene rings is 11. The topological polar surface area (TPSA) is 16.4 Å². The van der Waals surface area contributed by atoms with Gasteiger partial charge in [-0.15, -0.1) is 0 Å². The second kappa shape index (κ2) is 16.0. The summed E-state index contributed by atoms with van der Waals surface area (Å²) in [5, 5.41) is 2.20. The summed E-state index contributed by atoms with van der Waals surface area (Å²) in [7, 11) is 0. The van der Waals surface area contributed by atoms with Crippen LogP contribution in [0.25, 0.3) is 77.6 Å². The number of furan rings is 1. The van der Waals surface area contributed by atoms with Crippen molar-refractivity contribution in [1.82, 2.24) is 0 Å². The van der Waals surface area contributed by atoms with Crippen LogP contribution in [-0.4, -0.2) is 0 Å². The van der Waals surface area contributed by atoms with E-state index in [1.54, 1.807) is 0 Å². The van der Waals surface area contributed by atoms with Crippen molar-refractivity contribution in [2.45, 2.75) is 43.9 Å². The van der Waals surface area contributed by atoms with Crippen molar-refractivity contribution >= 4 is 39.0 Å². The van der Waals surface area contributed by atoms with Gasteiger partial charge in [-0.05, 0) is 137 Å². The highest BCUT2D eigenvalue weighted by atomic mass is 16.3. The Bertz CT molecular complexity index is 4260. The number of para-hydroxylation sites is 1. The molecule has 2 heteroatoms. The molecule has 0 N–H and O–H groups in total. The van der Waals surface area contributed by atoms with Crippen LogP contribution in [0.4, 0.5) is 17.1 Å². The first-order valence-corrected chi connectivity index (χ1v) is 26.4. The number of anilines is 3. The maximum atomic E-state index is 6.93. The van der Waals surface area contributed by atoms with Crippen molar-refractivity contribution in [2.24, 2.45) is 0 Å². The van der Waals surface area contributed by atoms with Crippen LogP contribution in [0.3, 0.4) is 0 Å². The van der Waals surface area contributed by atoms with Crippen LogP contribution in [0.15, 0.2) is 253 Å². The van der Waals surface area contributed by atoms with Gasteiger partial charge < -0.3 is 9.32 Å². The summed E-state index contributed by atoms with van der Waals surface area (Å²) in [5.41, 5.74) is 27.2. The van der Waals surface area contributed by atoms with Gasteiger partial charge in [-0.25, -0.2) is 0 Å². The molecule has 12 aromatic rings. The quantitative estimate of drug-likeness (QED) is 0.158. The molecule has 0 radical (unpaired) electrons. The molecule has 0 aliphatic heterocycles. The molecule has 0 atom stereocenters. The monoisotopic (exact) mass is 959 g/mol. The third-order valence-corrected chi connectivity index (χ3v) is 17.3. The lowest BCUT2D eigenvalue weighted by Crippen LogP contribution is -2.28. The largest absolute Gasteiger partial charge is 0.456 e. The van der Waals surface area contributed by atoms with Gasteiger partial charge in [0.15, 0.2) is 0 Å². The summed E-state index contributed by atoms with van der Waals surface area (Å²) in [6, 6.07) is 92.5. The van der Waals surface area contributed by atoms with Crippen LogP contribution in [0.1, 0.15) is 72.2 Å². The second-order valence-corrected chi connectivity index (χ2v) is 21.9. The van der Waals surface area contributed by atoms with E-state index < -0.39 is 5.41 Å². The van der Waals surface area contributed by atoms with Crippen LogP contribution in [0.2, 0.25) is 0 Å². The minimum absolute atomic E-state index is 0.190. The average Bonchev–Trinajstić information content (AvgIpc) is 4.21. The summed E-state index contributed by atoms with van der Waals surface area (Å²) in [5.74, 6) is 0. The second-order valence-electron chi connectivity index (χ2n) is 21.9. The van der Waals surface area contributed by atoms with Crippen molar-refractivity contribution in [3.05, 3.63) is 293 Å². The van der Waals surface area contributed by atoms with Gasteiger partial charge in [0.2, 0.25) is 0 Å². The van der Waals surface area contributed by atoms with Crippen LogP contribution in [0.5, 0.6) is 0 Å². The first-order valence-electron chi connectivity index (χ1n) is 26.4. The molecule has 0 saturated carbocycles. The zero-order valence-electron chi connectivity index (χ0n) is 42.5. The van der Waals surface area contributed by atoms with Crippen molar-refractivity contribution in [3.8, 4) is 55.6 Å². The highest BCUT2D eigenvalue weighted by Crippen LogP contribution is 2.62. The van der Waals surface area contributed by atoms with E-state index in [0.717, 1.165) is 44.6 Å². The van der Waals surface area contributed by atoms with Gasteiger partial charge >= 0.3 is 0 Å². The normalized spacial score (nSPS) is 14.7. The Kier molecular flexibility index (Phi) is 9.30. The fraction of sp³-hybridized carbons (Fsp3) is 0.0959. The Morgan fingerprint density at radius 1 is 0.320 bits per heavy atom. The highest BCUT2D eigenvalue weighted by Gasteiger charge is 2.47. The number of fused-ring (bicyclic) bond motifs is 13. The molecule has 1 aromatic heterocycles. The van der Waals surface area contributed by atoms with Gasteiger partial charge in [0, 0.05) is 44.6 Å². The molecule has 3 aliphatic rings. The van der Waals surface area contributed by atoms with Crippen LogP contribution in [-0.2, 0) is 16.2 Å². The zero-order valence-corrected chi connectivity index (χ0v) is 42.5. The van der Waals surface area contributed by atoms with Crippen molar-refractivity contribution in [3.63, 3.8) is 0 Å². The lowest BCUT2D eigenvalue weighted by molar-refractivity contribution is 0.647. The predicted octanol–water partition coefficient (Wildman–Crippen LogP) is 19.4. The van der Waals surface area contributed by atoms with Crippen LogP contribution < -0.4 is 4.90 Å². The summed E-state index contributed by atoms with van der Waals surface area (Å²) in [4.78, 5) is 2.49. The van der Waals surface area contributed by atoms with Gasteiger partial charge in [-0.2, -0.15) is 0 Å². The summed E-state index contributed by atoms with van der Waals surface area (Å²) >= 11 is 0. The molecular weight excluding hydrogens is 907 g/mol. The molecule has 0 spiro atoms. The highest BCUT2D eigenvalue weighted by molar-refractivity contribution is 6.08. The molecule has 1 heterocycles. The van der Waals surface area contributed by atoms with Crippen molar-refractivity contribution in [2.75, 3.05) is 4.90 Å². The molecule has 75 heavy (non-hydrogen) atoms. The Hall–Kier alpha value is -8.98. The lowest BCUT2D eigenvalue weighted by atomic mass is 9.67. The zero-order chi connectivity index (χ0) is 50.2. The van der Waals surface area contributed by atoms with E-state index in [-0.39, 0.29) is 10.8 Å². The van der Waals surface area contributed by atoms with Gasteiger partial charge in [-0.1, -0.05) is 228 Å². The number of rotatable bonds is 7. The minimum Gasteiger partial charge on any atom is -0.456 e. The first kappa shape index (κ1) is 43.6. The van der Waals surface area contributed by atoms with Gasteiger partial charge in [0.1, 0.15) is 11.2 Å². The number of hydrogen-bond donors (Lipinski definition) is 0. The van der Waals surface area contributed by atoms with Crippen LogP contribution in [0, 0.1) is 0 Å². The molecular formula is C73H53NO. The SMILES string of the molecule is CC1(C)c2cccc(-c3ccccc3N(c3cccc(C4(c5ccccc5)c5ccccc5-c5ccccc54)c3)c3ccc4c(c3)oc3cc(-c5ccccc5)ccc34)c2-c2c1ccc1c2C(C)(C)c2ccccc2-1. The third kappa shape index (κ3) is 6.08. The first-order chi connectivity index (χ1) is 36.7. The number of hydrogen-bond acceptors (Lipinski definition) is 2. The van der Waals surface area contributed by atoms with Gasteiger partial charge in [0.25, 0.3) is 0 Å². The average molecular weight is 960 g/mol. The molecule has 15 rings (SSSR count). The Labute approximate surface area is 438 Å². The smallest absolute Gasteiger partial charge is 0.137 e. The van der Waals surface area contributed by atoms with E-state index in [4.69, 9.17) is 4.42 Å². The Morgan fingerprint density at radius 2 is 0.853 bits per heavy atom. The molecule has 11 aromatic carbocycles. The molecule has 0 bridgehead atoms. The van der Waals surface area contributed by atoms with Gasteiger partial charge in [0.05, 0.1) is 11.1 Å². The van der Waals surface area contributed by atoms with Crippen LogP contribution >= 0.6 is 0 Å². The maximum absolute atomic E-state index is 6.93. The summed E-state index contributed by atoms with van der Waals surface area (Å²) in [6.45, 7) is 9.68. The van der Waals surface area contributed by atoms with E-state index >= 15 is 0 Å². The van der Waals surface area contributed by atoms with E-state index in [1.165, 1.54) is 94.6 Å². The summed E-state index contributed by atoms with van der Waals surface area (Å²) < 4.78 is 6.93. The number of nitrogens with zero attached hydrogens (tertiary/aromatic N) is 1.